The highest BCUT2D eigenvalue weighted by Gasteiger charge is 2.22. The Balaban J connectivity index is 2.13. The van der Waals surface area contributed by atoms with Gasteiger partial charge in [0.15, 0.2) is 0 Å². The normalized spacial score (nSPS) is 21.9. The summed E-state index contributed by atoms with van der Waals surface area (Å²) in [4.78, 5) is 0. The Bertz CT molecular complexity index is 503. The number of hydrogen-bond donors (Lipinski definition) is 1. The second-order valence-corrected chi connectivity index (χ2v) is 5.33. The molecular weight excluding hydrogens is 253 g/mol. The lowest BCUT2D eigenvalue weighted by Crippen LogP contribution is -2.25. The van der Waals surface area contributed by atoms with Gasteiger partial charge in [0.05, 0.1) is 18.2 Å². The molecular formula is C17H22FNO. The van der Waals surface area contributed by atoms with Gasteiger partial charge in [-0.3, -0.25) is 0 Å². The number of nitrogens with two attached hydrogens (primary N) is 1. The van der Waals surface area contributed by atoms with Crippen LogP contribution >= 0.6 is 0 Å². The lowest BCUT2D eigenvalue weighted by Gasteiger charge is -2.29. The molecule has 0 bridgehead atoms. The molecule has 1 aliphatic carbocycles. The van der Waals surface area contributed by atoms with Crippen molar-refractivity contribution in [1.82, 2.24) is 0 Å². The lowest BCUT2D eigenvalue weighted by molar-refractivity contribution is 0.121. The van der Waals surface area contributed by atoms with Crippen LogP contribution in [0.1, 0.15) is 44.6 Å². The molecule has 0 radical (unpaired) electrons. The van der Waals surface area contributed by atoms with Crippen molar-refractivity contribution >= 4 is 0 Å². The van der Waals surface area contributed by atoms with Crippen molar-refractivity contribution in [2.75, 3.05) is 6.54 Å². The molecule has 2 N–H and O–H groups in total. The van der Waals surface area contributed by atoms with Crippen LogP contribution in [0.2, 0.25) is 0 Å². The predicted octanol–water partition coefficient (Wildman–Crippen LogP) is 3.48. The summed E-state index contributed by atoms with van der Waals surface area (Å²) in [6.45, 7) is 2.51. The maximum absolute atomic E-state index is 13.4. The molecule has 2 rings (SSSR count). The van der Waals surface area contributed by atoms with Gasteiger partial charge in [-0.1, -0.05) is 31.6 Å². The maximum Gasteiger partial charge on any atom is 0.138 e. The van der Waals surface area contributed by atoms with Crippen LogP contribution < -0.4 is 10.5 Å². The Morgan fingerprint density at radius 1 is 1.40 bits per heavy atom. The average molecular weight is 275 g/mol. The van der Waals surface area contributed by atoms with E-state index in [1.54, 1.807) is 6.07 Å². The average Bonchev–Trinajstić information content (AvgIpc) is 2.47. The zero-order chi connectivity index (χ0) is 14.4. The molecule has 2 atom stereocenters. The molecule has 0 spiro atoms. The van der Waals surface area contributed by atoms with Gasteiger partial charge in [-0.25, -0.2) is 4.39 Å². The molecule has 1 saturated carbocycles. The second kappa shape index (κ2) is 7.31. The molecule has 0 aliphatic heterocycles. The van der Waals surface area contributed by atoms with Gasteiger partial charge in [0.25, 0.3) is 0 Å². The summed E-state index contributed by atoms with van der Waals surface area (Å²) in [7, 11) is 0. The highest BCUT2D eigenvalue weighted by atomic mass is 19.1. The van der Waals surface area contributed by atoms with Crippen LogP contribution in [0.3, 0.4) is 0 Å². The lowest BCUT2D eigenvalue weighted by atomic mass is 9.85. The van der Waals surface area contributed by atoms with Crippen molar-refractivity contribution in [2.45, 2.75) is 45.1 Å². The van der Waals surface area contributed by atoms with Crippen molar-refractivity contribution in [1.29, 1.82) is 0 Å². The third-order valence-corrected chi connectivity index (χ3v) is 3.87. The summed E-state index contributed by atoms with van der Waals surface area (Å²) in [5.74, 6) is 6.73. The van der Waals surface area contributed by atoms with Crippen molar-refractivity contribution in [3.8, 4) is 17.6 Å². The standard InChI is InChI=1S/C17H22FNO/c1-2-13-5-3-7-16(11-13)20-17-12-15(18)9-8-14(17)6-4-10-19/h8-9,12-13,16H,2-3,5,7,10-11,19H2,1H3. The third-order valence-electron chi connectivity index (χ3n) is 3.87. The van der Waals surface area contributed by atoms with Crippen LogP contribution in [-0.2, 0) is 0 Å². The molecule has 108 valence electrons. The van der Waals surface area contributed by atoms with E-state index in [0.29, 0.717) is 5.75 Å². The van der Waals surface area contributed by atoms with Gasteiger partial charge in [0.2, 0.25) is 0 Å². The molecule has 1 fully saturated rings. The van der Waals surface area contributed by atoms with E-state index in [-0.39, 0.29) is 18.5 Å². The molecule has 0 heterocycles. The van der Waals surface area contributed by atoms with Crippen LogP contribution in [0.25, 0.3) is 0 Å². The van der Waals surface area contributed by atoms with E-state index in [4.69, 9.17) is 10.5 Å². The van der Waals surface area contributed by atoms with E-state index in [1.165, 1.54) is 31.4 Å². The van der Waals surface area contributed by atoms with Gasteiger partial charge >= 0.3 is 0 Å². The minimum absolute atomic E-state index is 0.175. The Kier molecular flexibility index (Phi) is 5.43. The van der Waals surface area contributed by atoms with Crippen LogP contribution in [0.5, 0.6) is 5.75 Å². The number of benzene rings is 1. The molecule has 0 aromatic heterocycles. The number of hydrogen-bond acceptors (Lipinski definition) is 2. The first-order valence-electron chi connectivity index (χ1n) is 7.38. The van der Waals surface area contributed by atoms with E-state index in [0.717, 1.165) is 24.3 Å². The Morgan fingerprint density at radius 3 is 3.00 bits per heavy atom. The van der Waals surface area contributed by atoms with Crippen LogP contribution in [0, 0.1) is 23.6 Å². The molecule has 0 amide bonds. The summed E-state index contributed by atoms with van der Waals surface area (Å²) in [5, 5.41) is 0. The van der Waals surface area contributed by atoms with E-state index < -0.39 is 0 Å². The van der Waals surface area contributed by atoms with Gasteiger partial charge in [0.1, 0.15) is 11.6 Å². The summed E-state index contributed by atoms with van der Waals surface area (Å²) >= 11 is 0. The molecule has 3 heteroatoms. The minimum Gasteiger partial charge on any atom is -0.489 e. The molecule has 1 aromatic carbocycles. The Labute approximate surface area is 120 Å². The summed E-state index contributed by atoms with van der Waals surface area (Å²) in [6.07, 6.45) is 5.91. The zero-order valence-electron chi connectivity index (χ0n) is 12.0. The Hall–Kier alpha value is -1.53. The first-order valence-corrected chi connectivity index (χ1v) is 7.38. The maximum atomic E-state index is 13.4. The molecule has 20 heavy (non-hydrogen) atoms. The SMILES string of the molecule is CCC1CCCC(Oc2cc(F)ccc2C#CCN)C1. The van der Waals surface area contributed by atoms with Gasteiger partial charge in [0, 0.05) is 6.07 Å². The quantitative estimate of drug-likeness (QED) is 0.857. The highest BCUT2D eigenvalue weighted by molar-refractivity contribution is 5.46. The smallest absolute Gasteiger partial charge is 0.138 e. The first-order chi connectivity index (χ1) is 9.72. The topological polar surface area (TPSA) is 35.2 Å². The van der Waals surface area contributed by atoms with Gasteiger partial charge in [-0.15, -0.1) is 0 Å². The number of rotatable bonds is 3. The third kappa shape index (κ3) is 3.98. The summed E-state index contributed by atoms with van der Waals surface area (Å²) in [5.41, 5.74) is 6.11. The van der Waals surface area contributed by atoms with Crippen LogP contribution in [0.15, 0.2) is 18.2 Å². The van der Waals surface area contributed by atoms with E-state index in [1.807, 2.05) is 0 Å². The minimum atomic E-state index is -0.291. The van der Waals surface area contributed by atoms with E-state index >= 15 is 0 Å². The fourth-order valence-electron chi connectivity index (χ4n) is 2.74. The number of halogens is 1. The van der Waals surface area contributed by atoms with Crippen molar-refractivity contribution in [2.24, 2.45) is 11.7 Å². The predicted molar refractivity (Wildman–Crippen MR) is 79.0 cm³/mol. The van der Waals surface area contributed by atoms with Crippen molar-refractivity contribution in [3.63, 3.8) is 0 Å². The van der Waals surface area contributed by atoms with Gasteiger partial charge in [-0.2, -0.15) is 0 Å². The van der Waals surface area contributed by atoms with Crippen molar-refractivity contribution < 1.29 is 9.13 Å². The van der Waals surface area contributed by atoms with Crippen LogP contribution in [-0.4, -0.2) is 12.6 Å². The fourth-order valence-corrected chi connectivity index (χ4v) is 2.74. The first kappa shape index (κ1) is 14.9. The van der Waals surface area contributed by atoms with E-state index in [9.17, 15) is 4.39 Å². The van der Waals surface area contributed by atoms with E-state index in [2.05, 4.69) is 18.8 Å². The molecule has 2 nitrogen and oxygen atoms in total. The Morgan fingerprint density at radius 2 is 2.25 bits per heavy atom. The fraction of sp³-hybridized carbons (Fsp3) is 0.529. The zero-order valence-corrected chi connectivity index (χ0v) is 12.0. The largest absolute Gasteiger partial charge is 0.489 e. The summed E-state index contributed by atoms with van der Waals surface area (Å²) < 4.78 is 19.4. The monoisotopic (exact) mass is 275 g/mol. The van der Waals surface area contributed by atoms with Gasteiger partial charge in [-0.05, 0) is 37.3 Å². The van der Waals surface area contributed by atoms with Crippen molar-refractivity contribution in [3.05, 3.63) is 29.6 Å². The molecule has 2 unspecified atom stereocenters. The second-order valence-electron chi connectivity index (χ2n) is 5.33. The highest BCUT2D eigenvalue weighted by Crippen LogP contribution is 2.31. The molecule has 1 aliphatic rings. The molecule has 0 saturated heterocycles. The summed E-state index contributed by atoms with van der Waals surface area (Å²) in [6, 6.07) is 4.49. The van der Waals surface area contributed by atoms with Crippen LogP contribution in [0.4, 0.5) is 4.39 Å². The molecule has 1 aromatic rings. The number of ether oxygens (including phenoxy) is 1. The van der Waals surface area contributed by atoms with Gasteiger partial charge < -0.3 is 10.5 Å².